The summed E-state index contributed by atoms with van der Waals surface area (Å²) in [5.74, 6) is 0.264. The van der Waals surface area contributed by atoms with Crippen molar-refractivity contribution in [1.82, 2.24) is 19.8 Å². The number of carbonyl (C=O) groups is 1. The molecule has 1 amide bonds. The highest BCUT2D eigenvalue weighted by molar-refractivity contribution is 5.78. The number of rotatable bonds is 8. The van der Waals surface area contributed by atoms with E-state index in [1.165, 1.54) is 11.0 Å². The molecule has 11 nitrogen and oxygen atoms in total. The summed E-state index contributed by atoms with van der Waals surface area (Å²) in [6.07, 6.45) is -0.800. The minimum Gasteiger partial charge on any atom is -0.486 e. The van der Waals surface area contributed by atoms with Crippen LogP contribution in [0.25, 0.3) is 11.4 Å². The lowest BCUT2D eigenvalue weighted by Gasteiger charge is -2.43. The van der Waals surface area contributed by atoms with Gasteiger partial charge in [-0.1, -0.05) is 0 Å². The first kappa shape index (κ1) is 30.2. The Morgan fingerprint density at radius 2 is 1.91 bits per heavy atom. The second-order valence-corrected chi connectivity index (χ2v) is 11.2. The fraction of sp³-hybridized carbons (Fsp3) is 0.406. The van der Waals surface area contributed by atoms with Crippen molar-refractivity contribution in [2.45, 2.75) is 31.2 Å². The summed E-state index contributed by atoms with van der Waals surface area (Å²) in [5.41, 5.74) is 1.83. The highest BCUT2D eigenvalue weighted by Gasteiger charge is 2.33. The third kappa shape index (κ3) is 6.80. The van der Waals surface area contributed by atoms with Crippen molar-refractivity contribution in [3.8, 4) is 29.3 Å². The number of ether oxygens (including phenoxy) is 2. The molecule has 0 aliphatic carbocycles. The van der Waals surface area contributed by atoms with Gasteiger partial charge in [-0.2, -0.15) is 10.5 Å². The van der Waals surface area contributed by atoms with Crippen molar-refractivity contribution in [2.24, 2.45) is 0 Å². The summed E-state index contributed by atoms with van der Waals surface area (Å²) in [6, 6.07) is 15.9. The zero-order chi connectivity index (χ0) is 31.3. The number of likely N-dealkylation sites (tertiary alicyclic amines) is 1. The van der Waals surface area contributed by atoms with Crippen molar-refractivity contribution in [1.29, 1.82) is 10.5 Å². The van der Waals surface area contributed by atoms with Gasteiger partial charge in [-0.25, -0.2) is 18.7 Å². The molecule has 13 heteroatoms. The fourth-order valence-electron chi connectivity index (χ4n) is 5.76. The van der Waals surface area contributed by atoms with Gasteiger partial charge in [-0.3, -0.25) is 9.69 Å². The summed E-state index contributed by atoms with van der Waals surface area (Å²) in [7, 11) is 0. The maximum atomic E-state index is 15.2. The van der Waals surface area contributed by atoms with Crippen molar-refractivity contribution >= 4 is 23.1 Å². The topological polar surface area (TPSA) is 131 Å². The normalized spacial score (nSPS) is 20.5. The maximum absolute atomic E-state index is 15.2. The van der Waals surface area contributed by atoms with Crippen LogP contribution in [-0.4, -0.2) is 96.5 Å². The third-order valence-corrected chi connectivity index (χ3v) is 8.37. The number of aromatic nitrogens is 2. The molecule has 45 heavy (non-hydrogen) atoms. The van der Waals surface area contributed by atoms with E-state index < -0.39 is 18.2 Å². The number of nitriles is 2. The second-order valence-electron chi connectivity index (χ2n) is 11.2. The lowest BCUT2D eigenvalue weighted by molar-refractivity contribution is -0.134. The van der Waals surface area contributed by atoms with Crippen LogP contribution < -0.4 is 15.0 Å². The van der Waals surface area contributed by atoms with E-state index in [4.69, 9.17) is 14.7 Å². The van der Waals surface area contributed by atoms with E-state index in [1.54, 1.807) is 42.6 Å². The standard InChI is InChI=1S/C32H32F2N8O3/c33-25-16-23(2-3-27(25)41-13-11-40(12-14-41)24-19-44-20-24)38-30-6-9-37-32(39-30)21-1-4-28(22(15-21)17-36)45-29-7-10-42(18-26(29)34)31(43)5-8-35/h1-4,6,9,15-16,24,26,29H,5,7,10-14,18-20H2,(H,37,38,39)/t26-,29+/m1/s1. The van der Waals surface area contributed by atoms with Gasteiger partial charge in [0.25, 0.3) is 0 Å². The molecular weight excluding hydrogens is 582 g/mol. The summed E-state index contributed by atoms with van der Waals surface area (Å²) in [6.45, 7) is 4.90. The van der Waals surface area contributed by atoms with Crippen LogP contribution in [0, 0.1) is 28.5 Å². The SMILES string of the molecule is N#CCC(=O)N1CC[C@H](Oc2ccc(-c3nccc(Nc4ccc(N5CCN(C6COC6)CC5)c(F)c4)n3)cc2C#N)[C@H](F)C1. The lowest BCUT2D eigenvalue weighted by Crippen LogP contribution is -2.56. The van der Waals surface area contributed by atoms with Gasteiger partial charge < -0.3 is 24.6 Å². The van der Waals surface area contributed by atoms with Gasteiger partial charge in [0.2, 0.25) is 5.91 Å². The Bertz CT molecular complexity index is 1630. The Labute approximate surface area is 259 Å². The largest absolute Gasteiger partial charge is 0.486 e. The van der Waals surface area contributed by atoms with Crippen LogP contribution in [0.2, 0.25) is 0 Å². The number of alkyl halides is 1. The van der Waals surface area contributed by atoms with Crippen LogP contribution in [0.15, 0.2) is 48.7 Å². The van der Waals surface area contributed by atoms with Crippen LogP contribution in [0.1, 0.15) is 18.4 Å². The quantitative estimate of drug-likeness (QED) is 0.401. The number of piperazine rings is 1. The summed E-state index contributed by atoms with van der Waals surface area (Å²) in [4.78, 5) is 26.6. The number of halogens is 2. The second kappa shape index (κ2) is 13.4. The highest BCUT2D eigenvalue weighted by atomic mass is 19.1. The van der Waals surface area contributed by atoms with Gasteiger partial charge in [-0.05, 0) is 42.5 Å². The zero-order valence-corrected chi connectivity index (χ0v) is 24.5. The van der Waals surface area contributed by atoms with Crippen molar-refractivity contribution in [3.63, 3.8) is 0 Å². The van der Waals surface area contributed by atoms with Gasteiger partial charge in [-0.15, -0.1) is 0 Å². The van der Waals surface area contributed by atoms with E-state index in [2.05, 4.69) is 31.2 Å². The monoisotopic (exact) mass is 614 g/mol. The molecule has 0 bridgehead atoms. The molecular formula is C32H32F2N8O3. The Hall–Kier alpha value is -4.85. The number of amides is 1. The van der Waals surface area contributed by atoms with Crippen LogP contribution in [0.5, 0.6) is 5.75 Å². The van der Waals surface area contributed by atoms with E-state index in [9.17, 15) is 14.4 Å². The Morgan fingerprint density at radius 1 is 1.09 bits per heavy atom. The number of nitrogens with zero attached hydrogens (tertiary/aromatic N) is 7. The summed E-state index contributed by atoms with van der Waals surface area (Å²) >= 11 is 0. The molecule has 1 N–H and O–H groups in total. The minimum absolute atomic E-state index is 0.168. The summed E-state index contributed by atoms with van der Waals surface area (Å²) in [5, 5.41) is 21.7. The fourth-order valence-corrected chi connectivity index (χ4v) is 5.76. The molecule has 0 unspecified atom stereocenters. The molecule has 0 saturated carbocycles. The van der Waals surface area contributed by atoms with Gasteiger partial charge in [0.15, 0.2) is 12.0 Å². The Balaban J connectivity index is 1.09. The number of benzene rings is 2. The molecule has 4 heterocycles. The zero-order valence-electron chi connectivity index (χ0n) is 24.5. The first-order valence-corrected chi connectivity index (χ1v) is 14.9. The number of carbonyl (C=O) groups excluding carboxylic acids is 1. The highest BCUT2D eigenvalue weighted by Crippen LogP contribution is 2.30. The van der Waals surface area contributed by atoms with Gasteiger partial charge in [0.1, 0.15) is 36.0 Å². The van der Waals surface area contributed by atoms with Crippen LogP contribution >= 0.6 is 0 Å². The molecule has 1 aromatic heterocycles. The van der Waals surface area contributed by atoms with Crippen LogP contribution in [0.4, 0.5) is 26.0 Å². The first-order chi connectivity index (χ1) is 21.9. The minimum atomic E-state index is -1.46. The number of anilines is 3. The van der Waals surface area contributed by atoms with E-state index in [0.29, 0.717) is 34.6 Å². The molecule has 3 fully saturated rings. The molecule has 0 spiro atoms. The molecule has 3 aromatic rings. The molecule has 3 aliphatic rings. The number of nitrogens with one attached hydrogen (secondary N) is 1. The Morgan fingerprint density at radius 3 is 2.60 bits per heavy atom. The predicted molar refractivity (Wildman–Crippen MR) is 161 cm³/mol. The van der Waals surface area contributed by atoms with Crippen molar-refractivity contribution < 1.29 is 23.0 Å². The van der Waals surface area contributed by atoms with Crippen molar-refractivity contribution in [2.75, 3.05) is 62.7 Å². The van der Waals surface area contributed by atoms with Gasteiger partial charge in [0.05, 0.1) is 43.1 Å². The lowest BCUT2D eigenvalue weighted by atomic mass is 10.0. The van der Waals surface area contributed by atoms with E-state index in [-0.39, 0.29) is 43.1 Å². The Kier molecular flexibility index (Phi) is 9.01. The third-order valence-electron chi connectivity index (χ3n) is 8.37. The van der Waals surface area contributed by atoms with Crippen LogP contribution in [-0.2, 0) is 9.53 Å². The smallest absolute Gasteiger partial charge is 0.236 e. The maximum Gasteiger partial charge on any atom is 0.236 e. The first-order valence-electron chi connectivity index (χ1n) is 14.9. The van der Waals surface area contributed by atoms with Gasteiger partial charge >= 0.3 is 0 Å². The predicted octanol–water partition coefficient (Wildman–Crippen LogP) is 3.65. The molecule has 3 saturated heterocycles. The number of piperidine rings is 1. The summed E-state index contributed by atoms with van der Waals surface area (Å²) < 4.78 is 41.2. The average Bonchev–Trinajstić information content (AvgIpc) is 3.02. The molecule has 2 aromatic carbocycles. The molecule has 6 rings (SSSR count). The number of hydrogen-bond acceptors (Lipinski definition) is 10. The van der Waals surface area contributed by atoms with E-state index in [1.807, 2.05) is 6.07 Å². The molecule has 2 atom stereocenters. The number of hydrogen-bond donors (Lipinski definition) is 1. The van der Waals surface area contributed by atoms with Crippen LogP contribution in [0.3, 0.4) is 0 Å². The molecule has 232 valence electrons. The average molecular weight is 615 g/mol. The van der Waals surface area contributed by atoms with Gasteiger partial charge in [0, 0.05) is 56.6 Å². The molecule has 0 radical (unpaired) electrons. The van der Waals surface area contributed by atoms with E-state index in [0.717, 1.165) is 39.4 Å². The van der Waals surface area contributed by atoms with Crippen molar-refractivity contribution in [3.05, 3.63) is 60.0 Å². The molecule has 3 aliphatic heterocycles. The van der Waals surface area contributed by atoms with E-state index >= 15 is 4.39 Å².